The van der Waals surface area contributed by atoms with Gasteiger partial charge in [-0.25, -0.2) is 13.1 Å². The Balaban J connectivity index is 1.30. The van der Waals surface area contributed by atoms with Crippen LogP contribution in [0.4, 0.5) is 0 Å². The van der Waals surface area contributed by atoms with Crippen molar-refractivity contribution < 1.29 is 13.2 Å². The molecule has 0 unspecified atom stereocenters. The van der Waals surface area contributed by atoms with E-state index in [1.165, 1.54) is 53.7 Å². The summed E-state index contributed by atoms with van der Waals surface area (Å²) in [4.78, 5) is 27.6. The highest BCUT2D eigenvalue weighted by Gasteiger charge is 2.32. The molecule has 3 aromatic rings. The maximum atomic E-state index is 13.3. The summed E-state index contributed by atoms with van der Waals surface area (Å²) in [6.45, 7) is 0.943. The molecule has 0 radical (unpaired) electrons. The Kier molecular flexibility index (Phi) is 6.46. The average Bonchev–Trinajstić information content (AvgIpc) is 2.91. The molecule has 2 aliphatic rings. The number of aryl methyl sites for hydroxylation is 1. The Morgan fingerprint density at radius 3 is 2.17 bits per heavy atom. The lowest BCUT2D eigenvalue weighted by Crippen LogP contribution is -2.50. The van der Waals surface area contributed by atoms with Gasteiger partial charge in [-0.05, 0) is 42.5 Å². The van der Waals surface area contributed by atoms with Crippen LogP contribution in [0.1, 0.15) is 54.1 Å². The number of carbonyl (C=O) groups excluding carboxylic acids is 1. The Hall–Kier alpha value is -3.04. The molecule has 0 spiro atoms. The Bertz CT molecular complexity index is 1400. The molecule has 2 heterocycles. The van der Waals surface area contributed by atoms with E-state index < -0.39 is 10.0 Å². The van der Waals surface area contributed by atoms with Crippen molar-refractivity contribution in [1.29, 1.82) is 0 Å². The largest absolute Gasteiger partial charge is 0.335 e. The van der Waals surface area contributed by atoms with Crippen LogP contribution in [-0.4, -0.2) is 59.5 Å². The lowest BCUT2D eigenvalue weighted by molar-refractivity contribution is 0.0691. The fraction of sp³-hybridized carbons (Fsp3) is 0.423. The molecular weight excluding hydrogens is 464 g/mol. The summed E-state index contributed by atoms with van der Waals surface area (Å²) in [5.74, 6) is 0.225. The first kappa shape index (κ1) is 23.7. The van der Waals surface area contributed by atoms with E-state index in [1.807, 2.05) is 12.1 Å². The molecule has 1 aromatic heterocycles. The summed E-state index contributed by atoms with van der Waals surface area (Å²) in [6.07, 6.45) is 6.09. The first-order valence-electron chi connectivity index (χ1n) is 12.2. The van der Waals surface area contributed by atoms with E-state index in [9.17, 15) is 18.0 Å². The van der Waals surface area contributed by atoms with Gasteiger partial charge in [-0.2, -0.15) is 9.40 Å². The summed E-state index contributed by atoms with van der Waals surface area (Å²) in [6, 6.07) is 14.3. The van der Waals surface area contributed by atoms with Crippen molar-refractivity contribution in [2.45, 2.75) is 42.9 Å². The third-order valence-corrected chi connectivity index (χ3v) is 9.19. The van der Waals surface area contributed by atoms with Crippen LogP contribution in [0.2, 0.25) is 0 Å². The molecule has 9 heteroatoms. The molecule has 1 saturated carbocycles. The van der Waals surface area contributed by atoms with Crippen molar-refractivity contribution in [3.05, 3.63) is 70.1 Å². The first-order chi connectivity index (χ1) is 16.9. The van der Waals surface area contributed by atoms with Crippen molar-refractivity contribution in [3.63, 3.8) is 0 Å². The molecule has 184 valence electrons. The molecule has 0 bridgehead atoms. The SMILES string of the molecule is Cn1nc(C(=O)N2CCN(S(=O)(=O)c3ccc(C4CCCCC4)cc3)CC2)c2ccccc2c1=O. The molecule has 5 rings (SSSR count). The maximum Gasteiger partial charge on any atom is 0.275 e. The number of sulfonamides is 1. The van der Waals surface area contributed by atoms with Crippen LogP contribution in [0.3, 0.4) is 0 Å². The molecule has 0 atom stereocenters. The number of benzene rings is 2. The second kappa shape index (κ2) is 9.54. The number of fused-ring (bicyclic) bond motifs is 1. The van der Waals surface area contributed by atoms with Gasteiger partial charge in [-0.3, -0.25) is 9.59 Å². The minimum absolute atomic E-state index is 0.206. The van der Waals surface area contributed by atoms with Gasteiger partial charge in [0.25, 0.3) is 11.5 Å². The van der Waals surface area contributed by atoms with Crippen molar-refractivity contribution in [2.24, 2.45) is 7.05 Å². The van der Waals surface area contributed by atoms with Crippen molar-refractivity contribution in [2.75, 3.05) is 26.2 Å². The fourth-order valence-corrected chi connectivity index (χ4v) is 6.66. The van der Waals surface area contributed by atoms with Crippen molar-refractivity contribution >= 4 is 26.7 Å². The Morgan fingerprint density at radius 1 is 0.886 bits per heavy atom. The summed E-state index contributed by atoms with van der Waals surface area (Å²) >= 11 is 0. The molecule has 1 amide bonds. The lowest BCUT2D eigenvalue weighted by Gasteiger charge is -2.34. The van der Waals surface area contributed by atoms with Crippen molar-refractivity contribution in [3.8, 4) is 0 Å². The molecule has 2 aromatic carbocycles. The highest BCUT2D eigenvalue weighted by molar-refractivity contribution is 7.89. The van der Waals surface area contributed by atoms with Gasteiger partial charge in [0, 0.05) is 38.6 Å². The van der Waals surface area contributed by atoms with Crippen LogP contribution < -0.4 is 5.56 Å². The quantitative estimate of drug-likeness (QED) is 0.556. The average molecular weight is 495 g/mol. The number of nitrogens with zero attached hydrogens (tertiary/aromatic N) is 4. The Labute approximate surface area is 205 Å². The summed E-state index contributed by atoms with van der Waals surface area (Å²) in [5, 5.41) is 5.16. The van der Waals surface area contributed by atoms with E-state index in [0.29, 0.717) is 21.6 Å². The van der Waals surface area contributed by atoms with Gasteiger partial charge in [0.05, 0.1) is 10.3 Å². The highest BCUT2D eigenvalue weighted by Crippen LogP contribution is 2.33. The number of rotatable bonds is 4. The van der Waals surface area contributed by atoms with Crippen molar-refractivity contribution in [1.82, 2.24) is 19.0 Å². The molecular formula is C26H30N4O4S. The molecule has 35 heavy (non-hydrogen) atoms. The predicted octanol–water partition coefficient (Wildman–Crippen LogP) is 3.13. The Morgan fingerprint density at radius 2 is 1.51 bits per heavy atom. The molecule has 8 nitrogen and oxygen atoms in total. The van der Waals surface area contributed by atoms with E-state index in [-0.39, 0.29) is 43.3 Å². The maximum absolute atomic E-state index is 13.3. The topological polar surface area (TPSA) is 92.6 Å². The number of carbonyl (C=O) groups is 1. The normalized spacial score (nSPS) is 18.1. The van der Waals surface area contributed by atoms with Crippen LogP contribution in [0.5, 0.6) is 0 Å². The summed E-state index contributed by atoms with van der Waals surface area (Å²) in [7, 11) is -2.11. The fourth-order valence-electron chi connectivity index (χ4n) is 5.24. The minimum Gasteiger partial charge on any atom is -0.335 e. The van der Waals surface area contributed by atoms with E-state index >= 15 is 0 Å². The van der Waals surface area contributed by atoms with E-state index in [0.717, 1.165) is 0 Å². The van der Waals surface area contributed by atoms with Gasteiger partial charge in [-0.15, -0.1) is 0 Å². The van der Waals surface area contributed by atoms with Crippen LogP contribution in [-0.2, 0) is 17.1 Å². The zero-order chi connectivity index (χ0) is 24.6. The van der Waals surface area contributed by atoms with Gasteiger partial charge in [0.1, 0.15) is 0 Å². The molecule has 2 fully saturated rings. The predicted molar refractivity (Wildman–Crippen MR) is 134 cm³/mol. The van der Waals surface area contributed by atoms with Crippen LogP contribution in [0, 0.1) is 0 Å². The second-order valence-corrected chi connectivity index (χ2v) is 11.4. The van der Waals surface area contributed by atoms with E-state index in [4.69, 9.17) is 0 Å². The molecule has 1 aliphatic carbocycles. The van der Waals surface area contributed by atoms with E-state index in [2.05, 4.69) is 5.10 Å². The number of aromatic nitrogens is 2. The monoisotopic (exact) mass is 494 g/mol. The minimum atomic E-state index is -3.64. The standard InChI is InChI=1S/C26H30N4O4S/c1-28-25(31)23-10-6-5-9-22(23)24(27-28)26(32)29-15-17-30(18-16-29)35(33,34)21-13-11-20(12-14-21)19-7-3-2-4-8-19/h5-6,9-14,19H,2-4,7-8,15-18H2,1H3. The van der Waals surface area contributed by atoms with Gasteiger partial charge in [0.15, 0.2) is 5.69 Å². The first-order valence-corrected chi connectivity index (χ1v) is 13.7. The van der Waals surface area contributed by atoms with Gasteiger partial charge in [-0.1, -0.05) is 49.6 Å². The number of hydrogen-bond acceptors (Lipinski definition) is 5. The number of hydrogen-bond donors (Lipinski definition) is 0. The number of amides is 1. The molecule has 1 saturated heterocycles. The smallest absolute Gasteiger partial charge is 0.275 e. The summed E-state index contributed by atoms with van der Waals surface area (Å²) < 4.78 is 29.1. The number of piperazine rings is 1. The summed E-state index contributed by atoms with van der Waals surface area (Å²) in [5.41, 5.74) is 1.16. The van der Waals surface area contributed by atoms with Crippen LogP contribution in [0.25, 0.3) is 10.8 Å². The zero-order valence-electron chi connectivity index (χ0n) is 19.9. The molecule has 1 aliphatic heterocycles. The van der Waals surface area contributed by atoms with E-state index in [1.54, 1.807) is 41.3 Å². The third-order valence-electron chi connectivity index (χ3n) is 7.28. The highest BCUT2D eigenvalue weighted by atomic mass is 32.2. The second-order valence-electron chi connectivity index (χ2n) is 9.42. The van der Waals surface area contributed by atoms with Gasteiger partial charge >= 0.3 is 0 Å². The third kappa shape index (κ3) is 4.50. The van der Waals surface area contributed by atoms with Gasteiger partial charge in [0.2, 0.25) is 10.0 Å². The van der Waals surface area contributed by atoms with Gasteiger partial charge < -0.3 is 4.90 Å². The van der Waals surface area contributed by atoms with Crippen LogP contribution >= 0.6 is 0 Å². The van der Waals surface area contributed by atoms with Crippen LogP contribution in [0.15, 0.2) is 58.2 Å². The lowest BCUT2D eigenvalue weighted by atomic mass is 9.84. The zero-order valence-corrected chi connectivity index (χ0v) is 20.7. The molecule has 0 N–H and O–H groups in total.